The second-order valence-corrected chi connectivity index (χ2v) is 7.00. The van der Waals surface area contributed by atoms with E-state index >= 15 is 0 Å². The highest BCUT2D eigenvalue weighted by Crippen LogP contribution is 2.36. The van der Waals surface area contributed by atoms with Gasteiger partial charge in [0.05, 0.1) is 0 Å². The molecule has 8 nitrogen and oxygen atoms in total. The Morgan fingerprint density at radius 1 is 0.935 bits per heavy atom. The quantitative estimate of drug-likeness (QED) is 0.322. The number of carbonyl (C=O) groups is 1. The van der Waals surface area contributed by atoms with Crippen LogP contribution < -0.4 is 11.5 Å². The van der Waals surface area contributed by atoms with Gasteiger partial charge in [0, 0.05) is 34.6 Å². The van der Waals surface area contributed by atoms with Crippen LogP contribution in [0.25, 0.3) is 22.3 Å². The lowest BCUT2D eigenvalue weighted by atomic mass is 10.0. The summed E-state index contributed by atoms with van der Waals surface area (Å²) in [6.07, 6.45) is 4.61. The molecule has 5 N–H and O–H groups in total. The fourth-order valence-corrected chi connectivity index (χ4v) is 3.59. The van der Waals surface area contributed by atoms with Gasteiger partial charge in [0.25, 0.3) is 6.47 Å². The van der Waals surface area contributed by atoms with Crippen LogP contribution >= 0.6 is 11.8 Å². The fourth-order valence-electron chi connectivity index (χ4n) is 2.69. The van der Waals surface area contributed by atoms with Crippen molar-refractivity contribution in [1.82, 2.24) is 19.9 Å². The molecule has 0 saturated carbocycles. The van der Waals surface area contributed by atoms with Crippen molar-refractivity contribution >= 4 is 30.0 Å². The number of hydrogen-bond donors (Lipinski definition) is 3. The maximum atomic E-state index is 14.8. The lowest BCUT2D eigenvalue weighted by Crippen LogP contribution is -1.95. The molecule has 10 heteroatoms. The third-order valence-corrected chi connectivity index (χ3v) is 4.96. The van der Waals surface area contributed by atoms with Crippen molar-refractivity contribution in [2.45, 2.75) is 10.1 Å². The standard InChI is InChI=1S/C20H15FN6S.CH2O2/c21-16-9-12(5-6-14(16)13-10-25-19(23)26-11-13)15-3-1-2-4-17(15)28-20-24-8-7-18(22)27-20;2-1-3/h1-11H,(H2,22,24,27)(H2,23,25,26);1H,(H,2,3). The van der Waals surface area contributed by atoms with Crippen LogP contribution in [0.5, 0.6) is 0 Å². The van der Waals surface area contributed by atoms with Crippen LogP contribution in [0.2, 0.25) is 0 Å². The van der Waals surface area contributed by atoms with Crippen molar-refractivity contribution in [2.24, 2.45) is 0 Å². The summed E-state index contributed by atoms with van der Waals surface area (Å²) in [6, 6.07) is 14.4. The van der Waals surface area contributed by atoms with Crippen LogP contribution in [0.1, 0.15) is 0 Å². The van der Waals surface area contributed by atoms with E-state index in [1.54, 1.807) is 18.3 Å². The first-order valence-corrected chi connectivity index (χ1v) is 9.64. The Labute approximate surface area is 181 Å². The minimum atomic E-state index is -0.370. The second kappa shape index (κ2) is 10.1. The predicted molar refractivity (Wildman–Crippen MR) is 117 cm³/mol. The number of anilines is 2. The first-order chi connectivity index (χ1) is 15.0. The van der Waals surface area contributed by atoms with E-state index < -0.39 is 0 Å². The first-order valence-electron chi connectivity index (χ1n) is 8.83. The molecule has 0 aliphatic rings. The third-order valence-electron chi connectivity index (χ3n) is 4.01. The van der Waals surface area contributed by atoms with Crippen LogP contribution in [0, 0.1) is 5.82 Å². The molecule has 0 amide bonds. The van der Waals surface area contributed by atoms with Crippen molar-refractivity contribution in [3.8, 4) is 22.3 Å². The predicted octanol–water partition coefficient (Wildman–Crippen LogP) is 3.76. The van der Waals surface area contributed by atoms with Crippen LogP contribution in [-0.2, 0) is 4.79 Å². The van der Waals surface area contributed by atoms with Crippen LogP contribution in [0.15, 0.2) is 77.2 Å². The van der Waals surface area contributed by atoms with Crippen LogP contribution in [0.3, 0.4) is 0 Å². The Morgan fingerprint density at radius 3 is 2.32 bits per heavy atom. The summed E-state index contributed by atoms with van der Waals surface area (Å²) >= 11 is 1.37. The summed E-state index contributed by atoms with van der Waals surface area (Å²) in [4.78, 5) is 25.5. The molecule has 0 unspecified atom stereocenters. The van der Waals surface area contributed by atoms with Gasteiger partial charge in [-0.15, -0.1) is 0 Å². The summed E-state index contributed by atoms with van der Waals surface area (Å²) < 4.78 is 14.8. The van der Waals surface area contributed by atoms with E-state index in [2.05, 4.69) is 19.9 Å². The summed E-state index contributed by atoms with van der Waals surface area (Å²) in [7, 11) is 0. The molecule has 0 saturated heterocycles. The highest BCUT2D eigenvalue weighted by molar-refractivity contribution is 7.99. The summed E-state index contributed by atoms with van der Waals surface area (Å²) in [5, 5.41) is 7.42. The zero-order valence-corrected chi connectivity index (χ0v) is 16.8. The Kier molecular flexibility index (Phi) is 7.07. The van der Waals surface area contributed by atoms with Crippen LogP contribution in [-0.4, -0.2) is 31.5 Å². The summed E-state index contributed by atoms with van der Waals surface area (Å²) in [6.45, 7) is -0.250. The van der Waals surface area contributed by atoms with E-state index in [4.69, 9.17) is 21.4 Å². The number of aromatic nitrogens is 4. The van der Waals surface area contributed by atoms with Crippen LogP contribution in [0.4, 0.5) is 16.2 Å². The van der Waals surface area contributed by atoms with E-state index in [-0.39, 0.29) is 18.2 Å². The maximum absolute atomic E-state index is 14.8. The average molecular weight is 436 g/mol. The lowest BCUT2D eigenvalue weighted by Gasteiger charge is -2.10. The molecule has 0 fully saturated rings. The van der Waals surface area contributed by atoms with Gasteiger partial charge < -0.3 is 16.6 Å². The molecule has 0 spiro atoms. The third kappa shape index (κ3) is 5.52. The molecule has 31 heavy (non-hydrogen) atoms. The lowest BCUT2D eigenvalue weighted by molar-refractivity contribution is -0.122. The van der Waals surface area contributed by atoms with Crippen molar-refractivity contribution < 1.29 is 14.3 Å². The smallest absolute Gasteiger partial charge is 0.290 e. The molecule has 0 aliphatic carbocycles. The number of nitrogens with zero attached hydrogens (tertiary/aromatic N) is 4. The maximum Gasteiger partial charge on any atom is 0.290 e. The largest absolute Gasteiger partial charge is 0.483 e. The van der Waals surface area contributed by atoms with Gasteiger partial charge in [-0.25, -0.2) is 24.3 Å². The summed E-state index contributed by atoms with van der Waals surface area (Å²) in [5.74, 6) is 0.178. The summed E-state index contributed by atoms with van der Waals surface area (Å²) in [5.41, 5.74) is 13.8. The van der Waals surface area contributed by atoms with E-state index in [1.165, 1.54) is 30.2 Å². The number of benzene rings is 2. The molecule has 0 atom stereocenters. The number of hydrogen-bond acceptors (Lipinski definition) is 8. The highest BCUT2D eigenvalue weighted by Gasteiger charge is 2.12. The SMILES string of the molecule is Nc1ccnc(Sc2ccccc2-c2ccc(-c3cnc(N)nc3)c(F)c2)n1.O=CO. The Balaban J connectivity index is 0.000000858. The van der Waals surface area contributed by atoms with E-state index in [0.717, 1.165) is 16.0 Å². The molecule has 0 bridgehead atoms. The second-order valence-electron chi connectivity index (χ2n) is 5.99. The number of nitrogens with two attached hydrogens (primary N) is 2. The normalized spacial score (nSPS) is 10.1. The molecule has 156 valence electrons. The number of halogens is 1. The topological polar surface area (TPSA) is 141 Å². The van der Waals surface area contributed by atoms with E-state index in [0.29, 0.717) is 22.1 Å². The van der Waals surface area contributed by atoms with Gasteiger partial charge in [-0.2, -0.15) is 0 Å². The first kappa shape index (κ1) is 21.7. The molecule has 4 aromatic rings. The van der Waals surface area contributed by atoms with Gasteiger partial charge in [-0.05, 0) is 41.1 Å². The zero-order chi connectivity index (χ0) is 22.2. The highest BCUT2D eigenvalue weighted by atomic mass is 32.2. The molecular formula is C21H17FN6O2S. The van der Waals surface area contributed by atoms with E-state index in [1.807, 2.05) is 30.3 Å². The molecule has 2 aromatic heterocycles. The van der Waals surface area contributed by atoms with Gasteiger partial charge >= 0.3 is 0 Å². The minimum Gasteiger partial charge on any atom is -0.483 e. The molecule has 0 radical (unpaired) electrons. The molecule has 0 aliphatic heterocycles. The zero-order valence-electron chi connectivity index (χ0n) is 16.0. The average Bonchev–Trinajstić information content (AvgIpc) is 2.75. The van der Waals surface area contributed by atoms with Gasteiger partial charge in [0.2, 0.25) is 5.95 Å². The Bertz CT molecular complexity index is 1190. The molecular weight excluding hydrogens is 419 g/mol. The number of carboxylic acid groups (broad SMARTS) is 1. The number of nitrogen functional groups attached to an aromatic ring is 2. The van der Waals surface area contributed by atoms with Gasteiger partial charge in [0.1, 0.15) is 11.6 Å². The number of rotatable bonds is 4. The van der Waals surface area contributed by atoms with E-state index in [9.17, 15) is 4.39 Å². The van der Waals surface area contributed by atoms with Crippen molar-refractivity contribution in [3.05, 3.63) is 72.9 Å². The van der Waals surface area contributed by atoms with Crippen molar-refractivity contribution in [1.29, 1.82) is 0 Å². The van der Waals surface area contributed by atoms with Gasteiger partial charge in [-0.3, -0.25) is 4.79 Å². The minimum absolute atomic E-state index is 0.149. The Hall–Kier alpha value is -4.05. The fraction of sp³-hybridized carbons (Fsp3) is 0. The van der Waals surface area contributed by atoms with Crippen molar-refractivity contribution in [2.75, 3.05) is 11.5 Å². The molecule has 4 rings (SSSR count). The van der Waals surface area contributed by atoms with Gasteiger partial charge in [0.15, 0.2) is 5.16 Å². The monoisotopic (exact) mass is 436 g/mol. The molecule has 2 heterocycles. The Morgan fingerprint density at radius 2 is 1.65 bits per heavy atom. The molecule has 2 aromatic carbocycles. The van der Waals surface area contributed by atoms with Crippen molar-refractivity contribution in [3.63, 3.8) is 0 Å². The van der Waals surface area contributed by atoms with Gasteiger partial charge in [-0.1, -0.05) is 30.3 Å².